The van der Waals surface area contributed by atoms with Gasteiger partial charge in [-0.15, -0.1) is 10.2 Å². The van der Waals surface area contributed by atoms with Crippen LogP contribution in [0.4, 0.5) is 0 Å². The minimum Gasteiger partial charge on any atom is -0.356 e. The first-order valence-electron chi connectivity index (χ1n) is 11.5. The van der Waals surface area contributed by atoms with Gasteiger partial charge < -0.3 is 15.5 Å². The van der Waals surface area contributed by atoms with Crippen LogP contribution in [0.2, 0.25) is 0 Å². The van der Waals surface area contributed by atoms with E-state index in [1.54, 1.807) is 7.05 Å². The normalized spacial score (nSPS) is 15.8. The van der Waals surface area contributed by atoms with Gasteiger partial charge in [0.05, 0.1) is 6.54 Å². The lowest BCUT2D eigenvalue weighted by Crippen LogP contribution is -2.46. The summed E-state index contributed by atoms with van der Waals surface area (Å²) in [5.41, 5.74) is 2.26. The van der Waals surface area contributed by atoms with Gasteiger partial charge >= 0.3 is 0 Å². The van der Waals surface area contributed by atoms with Gasteiger partial charge in [0.25, 0.3) is 0 Å². The Hall–Kier alpha value is -2.97. The molecule has 1 aliphatic heterocycles. The zero-order valence-electron chi connectivity index (χ0n) is 19.0. The van der Waals surface area contributed by atoms with Crippen LogP contribution in [0.5, 0.6) is 0 Å². The van der Waals surface area contributed by atoms with Crippen molar-refractivity contribution in [2.24, 2.45) is 4.99 Å². The summed E-state index contributed by atoms with van der Waals surface area (Å²) in [5.74, 6) is 1.67. The van der Waals surface area contributed by atoms with Gasteiger partial charge in [0.1, 0.15) is 0 Å². The Labute approximate surface area is 190 Å². The van der Waals surface area contributed by atoms with Gasteiger partial charge in [0, 0.05) is 52.5 Å². The number of guanidine groups is 1. The Morgan fingerprint density at radius 2 is 1.69 bits per heavy atom. The van der Waals surface area contributed by atoms with Crippen LogP contribution in [-0.4, -0.2) is 76.7 Å². The molecule has 3 aromatic rings. The van der Waals surface area contributed by atoms with Crippen molar-refractivity contribution in [1.29, 1.82) is 0 Å². The molecule has 2 N–H and O–H groups in total. The van der Waals surface area contributed by atoms with E-state index in [1.807, 2.05) is 28.8 Å². The molecule has 8 heteroatoms. The lowest BCUT2D eigenvalue weighted by Gasteiger charge is -2.34. The maximum absolute atomic E-state index is 4.32. The van der Waals surface area contributed by atoms with Gasteiger partial charge in [0.15, 0.2) is 17.4 Å². The minimum absolute atomic E-state index is 0.581. The Morgan fingerprint density at radius 1 is 0.906 bits per heavy atom. The molecule has 2 aromatic heterocycles. The molecule has 32 heavy (non-hydrogen) atoms. The molecule has 0 aliphatic carbocycles. The first kappa shape index (κ1) is 22.2. The van der Waals surface area contributed by atoms with E-state index in [4.69, 9.17) is 0 Å². The molecule has 1 fully saturated rings. The predicted octanol–water partition coefficient (Wildman–Crippen LogP) is 1.99. The molecule has 0 radical (unpaired) electrons. The fourth-order valence-corrected chi connectivity index (χ4v) is 4.07. The molecular formula is C24H34N8. The third kappa shape index (κ3) is 6.27. The smallest absolute Gasteiger partial charge is 0.191 e. The topological polar surface area (TPSA) is 73.1 Å². The maximum Gasteiger partial charge on any atom is 0.191 e. The standard InChI is InChI=1S/C24H34N8/c1-25-24(27-19-23-29-28-22-11-5-7-14-32(22)23)26-12-6-8-13-30-15-17-31(18-16-30)20-21-9-3-2-4-10-21/h2-5,7,9-11,14H,6,8,12-13,15-20H2,1H3,(H2,25,26,27). The molecule has 8 nitrogen and oxygen atoms in total. The van der Waals surface area contributed by atoms with Gasteiger partial charge in [-0.25, -0.2) is 0 Å². The first-order chi connectivity index (χ1) is 15.8. The molecule has 0 saturated carbocycles. The predicted molar refractivity (Wildman–Crippen MR) is 129 cm³/mol. The summed E-state index contributed by atoms with van der Waals surface area (Å²) in [7, 11) is 1.80. The number of hydrogen-bond acceptors (Lipinski definition) is 5. The molecule has 4 rings (SSSR count). The van der Waals surface area contributed by atoms with Gasteiger partial charge in [-0.3, -0.25) is 14.3 Å². The molecule has 0 unspecified atom stereocenters. The van der Waals surface area contributed by atoms with Crippen molar-refractivity contribution in [1.82, 2.24) is 35.0 Å². The van der Waals surface area contributed by atoms with E-state index < -0.39 is 0 Å². The summed E-state index contributed by atoms with van der Waals surface area (Å²) in [4.78, 5) is 9.46. The molecule has 0 bridgehead atoms. The molecule has 1 saturated heterocycles. The molecule has 1 aliphatic rings. The lowest BCUT2D eigenvalue weighted by molar-refractivity contribution is 0.126. The maximum atomic E-state index is 4.32. The largest absolute Gasteiger partial charge is 0.356 e. The van der Waals surface area contributed by atoms with E-state index in [0.717, 1.165) is 63.1 Å². The highest BCUT2D eigenvalue weighted by Gasteiger charge is 2.16. The molecular weight excluding hydrogens is 400 g/mol. The summed E-state index contributed by atoms with van der Waals surface area (Å²) in [6.45, 7) is 8.36. The fraction of sp³-hybridized carbons (Fsp3) is 0.458. The van der Waals surface area contributed by atoms with Gasteiger partial charge in [0.2, 0.25) is 0 Å². The number of pyridine rings is 1. The second-order valence-electron chi connectivity index (χ2n) is 8.21. The third-order valence-corrected chi connectivity index (χ3v) is 5.93. The minimum atomic E-state index is 0.581. The summed E-state index contributed by atoms with van der Waals surface area (Å²) < 4.78 is 1.99. The number of nitrogens with one attached hydrogen (secondary N) is 2. The van der Waals surface area contributed by atoms with E-state index in [-0.39, 0.29) is 0 Å². The Kier molecular flexibility index (Phi) is 8.05. The van der Waals surface area contributed by atoms with Crippen LogP contribution < -0.4 is 10.6 Å². The average Bonchev–Trinajstić information content (AvgIpc) is 3.26. The van der Waals surface area contributed by atoms with Crippen LogP contribution in [0.3, 0.4) is 0 Å². The molecule has 170 valence electrons. The van der Waals surface area contributed by atoms with Crippen LogP contribution in [0, 0.1) is 0 Å². The zero-order chi connectivity index (χ0) is 22.0. The molecule has 0 atom stereocenters. The number of fused-ring (bicyclic) bond motifs is 1. The van der Waals surface area contributed by atoms with E-state index >= 15 is 0 Å². The van der Waals surface area contributed by atoms with Gasteiger partial charge in [-0.2, -0.15) is 0 Å². The van der Waals surface area contributed by atoms with Crippen LogP contribution in [0.25, 0.3) is 5.65 Å². The van der Waals surface area contributed by atoms with Crippen LogP contribution >= 0.6 is 0 Å². The summed E-state index contributed by atoms with van der Waals surface area (Å²) in [5, 5.41) is 15.2. The van der Waals surface area contributed by atoms with Crippen molar-refractivity contribution < 1.29 is 0 Å². The van der Waals surface area contributed by atoms with Crippen molar-refractivity contribution >= 4 is 11.6 Å². The number of unbranched alkanes of at least 4 members (excludes halogenated alkanes) is 1. The number of benzene rings is 1. The van der Waals surface area contributed by atoms with Gasteiger partial charge in [-0.05, 0) is 37.1 Å². The SMILES string of the molecule is CN=C(NCCCCN1CCN(Cc2ccccc2)CC1)NCc1nnc2ccccn12. The third-order valence-electron chi connectivity index (χ3n) is 5.93. The van der Waals surface area contributed by atoms with Crippen LogP contribution in [0.1, 0.15) is 24.2 Å². The summed E-state index contributed by atoms with van der Waals surface area (Å²) in [6.07, 6.45) is 4.29. The van der Waals surface area contributed by atoms with Gasteiger partial charge in [-0.1, -0.05) is 36.4 Å². The van der Waals surface area contributed by atoms with Crippen molar-refractivity contribution in [3.63, 3.8) is 0 Å². The molecule has 0 spiro atoms. The average molecular weight is 435 g/mol. The Balaban J connectivity index is 1.08. The molecule has 0 amide bonds. The van der Waals surface area contributed by atoms with Crippen LogP contribution in [-0.2, 0) is 13.1 Å². The van der Waals surface area contributed by atoms with E-state index in [2.05, 4.69) is 66.0 Å². The van der Waals surface area contributed by atoms with Crippen molar-refractivity contribution in [3.8, 4) is 0 Å². The molecule has 3 heterocycles. The highest BCUT2D eigenvalue weighted by molar-refractivity contribution is 5.79. The Morgan fingerprint density at radius 3 is 2.50 bits per heavy atom. The second kappa shape index (κ2) is 11.6. The fourth-order valence-electron chi connectivity index (χ4n) is 4.07. The first-order valence-corrected chi connectivity index (χ1v) is 11.5. The second-order valence-corrected chi connectivity index (χ2v) is 8.21. The van der Waals surface area contributed by atoms with E-state index in [9.17, 15) is 0 Å². The number of rotatable bonds is 9. The molecule has 1 aromatic carbocycles. The van der Waals surface area contributed by atoms with E-state index in [0.29, 0.717) is 6.54 Å². The van der Waals surface area contributed by atoms with Crippen molar-refractivity contribution in [2.45, 2.75) is 25.9 Å². The highest BCUT2D eigenvalue weighted by atomic mass is 15.3. The summed E-state index contributed by atoms with van der Waals surface area (Å²) >= 11 is 0. The number of hydrogen-bond donors (Lipinski definition) is 2. The summed E-state index contributed by atoms with van der Waals surface area (Å²) in [6, 6.07) is 16.7. The number of aromatic nitrogens is 3. The number of aliphatic imine (C=N–C) groups is 1. The Bertz CT molecular complexity index is 976. The van der Waals surface area contributed by atoms with Crippen molar-refractivity contribution in [2.75, 3.05) is 46.3 Å². The number of piperazine rings is 1. The van der Waals surface area contributed by atoms with Crippen LogP contribution in [0.15, 0.2) is 59.7 Å². The highest BCUT2D eigenvalue weighted by Crippen LogP contribution is 2.09. The van der Waals surface area contributed by atoms with E-state index in [1.165, 1.54) is 18.5 Å². The monoisotopic (exact) mass is 434 g/mol. The number of nitrogens with zero attached hydrogens (tertiary/aromatic N) is 6. The zero-order valence-corrected chi connectivity index (χ0v) is 19.0. The lowest BCUT2D eigenvalue weighted by atomic mass is 10.2. The van der Waals surface area contributed by atoms with Crippen molar-refractivity contribution in [3.05, 3.63) is 66.1 Å². The quantitative estimate of drug-likeness (QED) is 0.305.